The van der Waals surface area contributed by atoms with E-state index in [0.29, 0.717) is 14.2 Å². The molecule has 0 amide bonds. The average molecular weight is 378 g/mol. The Morgan fingerprint density at radius 2 is 1.04 bits per heavy atom. The van der Waals surface area contributed by atoms with Crippen molar-refractivity contribution in [2.45, 2.75) is 33.1 Å². The molecule has 0 aliphatic heterocycles. The van der Waals surface area contributed by atoms with Crippen LogP contribution in [0.15, 0.2) is 30.3 Å². The molecular formula is C15H20F6O4. The molecule has 0 fully saturated rings. The Labute approximate surface area is 141 Å². The summed E-state index contributed by atoms with van der Waals surface area (Å²) in [5.74, 6) is -4.34. The first-order chi connectivity index (χ1) is 11.4. The standard InChI is InChI=1S/C7H8.2C3H3F3O2.C2H6/c1-7-5-3-2-4-6-7;2*1-8-2(7)3(4,5)6;1-2/h2-6H,1H3;2*1H3;1-2H3. The van der Waals surface area contributed by atoms with Gasteiger partial charge in [0.1, 0.15) is 0 Å². The molecule has 0 bridgehead atoms. The number of rotatable bonds is 0. The lowest BCUT2D eigenvalue weighted by Gasteiger charge is -1.99. The van der Waals surface area contributed by atoms with Gasteiger partial charge in [0.05, 0.1) is 14.2 Å². The minimum atomic E-state index is -4.85. The van der Waals surface area contributed by atoms with Gasteiger partial charge in [0, 0.05) is 0 Å². The molecule has 0 aromatic heterocycles. The molecule has 0 atom stereocenters. The van der Waals surface area contributed by atoms with Gasteiger partial charge < -0.3 is 9.47 Å². The molecule has 1 aromatic carbocycles. The zero-order valence-corrected chi connectivity index (χ0v) is 14.3. The van der Waals surface area contributed by atoms with Gasteiger partial charge in [0.2, 0.25) is 0 Å². The van der Waals surface area contributed by atoms with Gasteiger partial charge in [-0.05, 0) is 6.92 Å². The molecule has 1 rings (SSSR count). The fourth-order valence-corrected chi connectivity index (χ4v) is 0.766. The second kappa shape index (κ2) is 14.1. The quantitative estimate of drug-likeness (QED) is 0.494. The molecule has 0 aliphatic rings. The van der Waals surface area contributed by atoms with E-state index in [1.165, 1.54) is 5.56 Å². The Morgan fingerprint density at radius 3 is 1.12 bits per heavy atom. The third-order valence-electron chi connectivity index (χ3n) is 1.77. The van der Waals surface area contributed by atoms with Gasteiger partial charge in [-0.2, -0.15) is 26.3 Å². The number of alkyl halides is 6. The maximum Gasteiger partial charge on any atom is 0.490 e. The van der Waals surface area contributed by atoms with Crippen LogP contribution in [0, 0.1) is 6.92 Å². The van der Waals surface area contributed by atoms with Crippen LogP contribution in [0.1, 0.15) is 19.4 Å². The summed E-state index contributed by atoms with van der Waals surface area (Å²) in [5, 5.41) is 0. The van der Waals surface area contributed by atoms with Crippen molar-refractivity contribution >= 4 is 11.9 Å². The van der Waals surface area contributed by atoms with Crippen LogP contribution in [0.3, 0.4) is 0 Å². The number of aryl methyl sites for hydroxylation is 1. The number of benzene rings is 1. The normalized spacial score (nSPS) is 9.72. The lowest BCUT2D eigenvalue weighted by molar-refractivity contribution is -0.196. The van der Waals surface area contributed by atoms with E-state index in [2.05, 4.69) is 28.5 Å². The second-order valence-electron chi connectivity index (χ2n) is 3.63. The highest BCUT2D eigenvalue weighted by Crippen LogP contribution is 2.15. The zero-order chi connectivity index (χ0) is 20.7. The molecule has 0 N–H and O–H groups in total. The van der Waals surface area contributed by atoms with E-state index >= 15 is 0 Å². The number of hydrogen-bond donors (Lipinski definition) is 0. The topological polar surface area (TPSA) is 52.6 Å². The summed E-state index contributed by atoms with van der Waals surface area (Å²) in [6.45, 7) is 6.08. The van der Waals surface area contributed by atoms with Crippen LogP contribution >= 0.6 is 0 Å². The summed E-state index contributed by atoms with van der Waals surface area (Å²) in [4.78, 5) is 19.0. The first-order valence-corrected chi connectivity index (χ1v) is 6.68. The van der Waals surface area contributed by atoms with Crippen LogP contribution in [-0.2, 0) is 19.1 Å². The van der Waals surface area contributed by atoms with Crippen LogP contribution in [-0.4, -0.2) is 38.5 Å². The van der Waals surface area contributed by atoms with E-state index in [9.17, 15) is 35.9 Å². The Kier molecular flexibility index (Phi) is 15.6. The summed E-state index contributed by atoms with van der Waals surface area (Å²) in [6.07, 6.45) is -9.70. The van der Waals surface area contributed by atoms with Crippen LogP contribution in [0.5, 0.6) is 0 Å². The first-order valence-electron chi connectivity index (χ1n) is 6.68. The number of methoxy groups -OCH3 is 2. The minimum absolute atomic E-state index is 0.676. The monoisotopic (exact) mass is 378 g/mol. The van der Waals surface area contributed by atoms with Crippen molar-refractivity contribution in [1.29, 1.82) is 0 Å². The molecule has 146 valence electrons. The predicted molar refractivity (Wildman–Crippen MR) is 78.7 cm³/mol. The molecule has 1 aromatic rings. The number of hydrogen-bond acceptors (Lipinski definition) is 4. The smallest absolute Gasteiger partial charge is 0.462 e. The summed E-state index contributed by atoms with van der Waals surface area (Å²) in [6, 6.07) is 10.3. The Bertz CT molecular complexity index is 443. The third kappa shape index (κ3) is 17.9. The van der Waals surface area contributed by atoms with E-state index in [0.717, 1.165) is 0 Å². The van der Waals surface area contributed by atoms with E-state index in [-0.39, 0.29) is 0 Å². The molecule has 10 heteroatoms. The maximum absolute atomic E-state index is 11.0. The van der Waals surface area contributed by atoms with E-state index in [1.807, 2.05) is 32.0 Å². The average Bonchev–Trinajstić information content (AvgIpc) is 2.55. The van der Waals surface area contributed by atoms with Crippen molar-refractivity contribution in [3.63, 3.8) is 0 Å². The van der Waals surface area contributed by atoms with Crippen LogP contribution in [0.25, 0.3) is 0 Å². The van der Waals surface area contributed by atoms with Crippen molar-refractivity contribution in [2.24, 2.45) is 0 Å². The molecule has 0 heterocycles. The third-order valence-corrected chi connectivity index (χ3v) is 1.77. The molecule has 0 saturated carbocycles. The van der Waals surface area contributed by atoms with Gasteiger partial charge in [-0.25, -0.2) is 9.59 Å². The molecule has 4 nitrogen and oxygen atoms in total. The molecule has 0 saturated heterocycles. The Hall–Kier alpha value is -2.26. The molecule has 0 unspecified atom stereocenters. The van der Waals surface area contributed by atoms with Gasteiger partial charge in [-0.1, -0.05) is 49.7 Å². The number of carbonyl (C=O) groups is 2. The summed E-state index contributed by atoms with van der Waals surface area (Å²) >= 11 is 0. The largest absolute Gasteiger partial charge is 0.490 e. The molecule has 0 aliphatic carbocycles. The SMILES string of the molecule is CC.COC(=O)C(F)(F)F.COC(=O)C(F)(F)F.Cc1ccccc1. The van der Waals surface area contributed by atoms with Gasteiger partial charge in [-0.3, -0.25) is 0 Å². The highest BCUT2D eigenvalue weighted by molar-refractivity contribution is 5.75. The fraction of sp³-hybridized carbons (Fsp3) is 0.467. The Balaban J connectivity index is -0.000000276. The van der Waals surface area contributed by atoms with Gasteiger partial charge in [0.15, 0.2) is 0 Å². The molecule has 0 spiro atoms. The number of carbonyl (C=O) groups excluding carboxylic acids is 2. The van der Waals surface area contributed by atoms with Crippen molar-refractivity contribution in [2.75, 3.05) is 14.2 Å². The highest BCUT2D eigenvalue weighted by Gasteiger charge is 2.40. The van der Waals surface area contributed by atoms with E-state index in [4.69, 9.17) is 0 Å². The summed E-state index contributed by atoms with van der Waals surface area (Å²) in [7, 11) is 1.35. The molecule has 25 heavy (non-hydrogen) atoms. The van der Waals surface area contributed by atoms with Crippen molar-refractivity contribution in [3.8, 4) is 0 Å². The molecular weight excluding hydrogens is 358 g/mol. The van der Waals surface area contributed by atoms with E-state index < -0.39 is 24.3 Å². The van der Waals surface area contributed by atoms with Crippen molar-refractivity contribution in [3.05, 3.63) is 35.9 Å². The van der Waals surface area contributed by atoms with Crippen LogP contribution < -0.4 is 0 Å². The van der Waals surface area contributed by atoms with E-state index in [1.54, 1.807) is 0 Å². The lowest BCUT2D eigenvalue weighted by Crippen LogP contribution is -2.23. The first kappa shape index (κ1) is 27.6. The summed E-state index contributed by atoms with van der Waals surface area (Å²) < 4.78 is 72.6. The van der Waals surface area contributed by atoms with Crippen LogP contribution in [0.2, 0.25) is 0 Å². The zero-order valence-electron chi connectivity index (χ0n) is 14.3. The van der Waals surface area contributed by atoms with Gasteiger partial charge in [0.25, 0.3) is 0 Å². The van der Waals surface area contributed by atoms with Crippen molar-refractivity contribution < 1.29 is 45.4 Å². The van der Waals surface area contributed by atoms with Crippen LogP contribution in [0.4, 0.5) is 26.3 Å². The maximum atomic E-state index is 11.0. The number of esters is 2. The predicted octanol–water partition coefficient (Wildman–Crippen LogP) is 4.46. The highest BCUT2D eigenvalue weighted by atomic mass is 19.4. The van der Waals surface area contributed by atoms with Gasteiger partial charge in [-0.15, -0.1) is 0 Å². The second-order valence-corrected chi connectivity index (χ2v) is 3.63. The fourth-order valence-electron chi connectivity index (χ4n) is 0.766. The van der Waals surface area contributed by atoms with Crippen molar-refractivity contribution in [1.82, 2.24) is 0 Å². The molecule has 0 radical (unpaired) electrons. The lowest BCUT2D eigenvalue weighted by atomic mass is 10.2. The van der Waals surface area contributed by atoms with Gasteiger partial charge >= 0.3 is 24.3 Å². The minimum Gasteiger partial charge on any atom is -0.462 e. The Morgan fingerprint density at radius 1 is 0.760 bits per heavy atom. The number of ether oxygens (including phenoxy) is 2. The summed E-state index contributed by atoms with van der Waals surface area (Å²) in [5.41, 5.74) is 1.32. The number of halogens is 6.